The van der Waals surface area contributed by atoms with Gasteiger partial charge in [-0.1, -0.05) is 36.9 Å². The van der Waals surface area contributed by atoms with E-state index in [9.17, 15) is 9.59 Å². The number of anilines is 2. The minimum atomic E-state index is -0.567. The number of fused-ring (bicyclic) bond motifs is 1. The van der Waals surface area contributed by atoms with Crippen LogP contribution in [0.15, 0.2) is 85.5 Å². The largest absolute Gasteiger partial charge is 0.490 e. The molecule has 168 valence electrons. The Morgan fingerprint density at radius 2 is 1.79 bits per heavy atom. The third kappa shape index (κ3) is 4.67. The topological polar surface area (TPSA) is 73.9 Å². The van der Waals surface area contributed by atoms with E-state index in [1.165, 1.54) is 5.01 Å². The van der Waals surface area contributed by atoms with E-state index in [-0.39, 0.29) is 5.91 Å². The molecule has 7 heteroatoms. The second kappa shape index (κ2) is 9.48. The minimum Gasteiger partial charge on any atom is -0.490 e. The van der Waals surface area contributed by atoms with Gasteiger partial charge in [-0.2, -0.15) is 0 Å². The van der Waals surface area contributed by atoms with E-state index in [1.807, 2.05) is 55.4 Å². The number of amides is 2. The normalized spacial score (nSPS) is 14.7. The molecule has 7 nitrogen and oxygen atoms in total. The first-order valence-corrected chi connectivity index (χ1v) is 10.6. The summed E-state index contributed by atoms with van der Waals surface area (Å²) in [5.74, 6) is -0.0463. The van der Waals surface area contributed by atoms with Crippen LogP contribution in [0.2, 0.25) is 0 Å². The maximum absolute atomic E-state index is 13.3. The van der Waals surface area contributed by atoms with Crippen molar-refractivity contribution >= 4 is 23.2 Å². The molecule has 1 atom stereocenters. The molecule has 2 N–H and O–H groups in total. The van der Waals surface area contributed by atoms with Gasteiger partial charge in [-0.3, -0.25) is 15.0 Å². The molecule has 0 aromatic heterocycles. The SMILES string of the molecule is C=CCOc1ccc(C(=O)NN2C(=O)c3ccccc3N[C@H]2c2ccc(N(C)C)cc2)cc1. The molecular weight excluding hydrogens is 416 g/mol. The molecule has 0 saturated carbocycles. The maximum atomic E-state index is 13.3. The van der Waals surface area contributed by atoms with Crippen LogP contribution in [-0.4, -0.2) is 37.5 Å². The van der Waals surface area contributed by atoms with Crippen LogP contribution < -0.4 is 20.4 Å². The summed E-state index contributed by atoms with van der Waals surface area (Å²) in [6.07, 6.45) is 1.08. The molecule has 1 heterocycles. The summed E-state index contributed by atoms with van der Waals surface area (Å²) in [6, 6.07) is 21.8. The van der Waals surface area contributed by atoms with Gasteiger partial charge in [0.15, 0.2) is 0 Å². The lowest BCUT2D eigenvalue weighted by Crippen LogP contribution is -2.52. The first kappa shape index (κ1) is 22.0. The molecule has 1 aliphatic heterocycles. The van der Waals surface area contributed by atoms with Crippen molar-refractivity contribution in [2.45, 2.75) is 6.17 Å². The number of benzene rings is 3. The fourth-order valence-corrected chi connectivity index (χ4v) is 3.59. The Morgan fingerprint density at radius 1 is 1.09 bits per heavy atom. The number of para-hydroxylation sites is 1. The number of nitrogens with zero attached hydrogens (tertiary/aromatic N) is 2. The number of carbonyl (C=O) groups excluding carboxylic acids is 2. The summed E-state index contributed by atoms with van der Waals surface area (Å²) in [5, 5.41) is 4.72. The Bertz CT molecular complexity index is 1160. The van der Waals surface area contributed by atoms with Crippen molar-refractivity contribution in [2.24, 2.45) is 0 Å². The lowest BCUT2D eigenvalue weighted by molar-refractivity contribution is 0.0491. The number of hydrazine groups is 1. The lowest BCUT2D eigenvalue weighted by atomic mass is 10.0. The highest BCUT2D eigenvalue weighted by Gasteiger charge is 2.34. The molecule has 33 heavy (non-hydrogen) atoms. The number of hydrogen-bond acceptors (Lipinski definition) is 5. The molecule has 0 bridgehead atoms. The van der Waals surface area contributed by atoms with E-state index in [2.05, 4.69) is 17.3 Å². The van der Waals surface area contributed by atoms with Crippen LogP contribution in [0.25, 0.3) is 0 Å². The summed E-state index contributed by atoms with van der Waals surface area (Å²) in [5.41, 5.74) is 6.30. The summed E-state index contributed by atoms with van der Waals surface area (Å²) in [4.78, 5) is 28.4. The number of nitrogens with one attached hydrogen (secondary N) is 2. The van der Waals surface area contributed by atoms with Crippen LogP contribution >= 0.6 is 0 Å². The van der Waals surface area contributed by atoms with Crippen LogP contribution in [0.5, 0.6) is 5.75 Å². The van der Waals surface area contributed by atoms with Crippen molar-refractivity contribution in [3.05, 3.63) is 102 Å². The van der Waals surface area contributed by atoms with E-state index in [0.29, 0.717) is 23.5 Å². The van der Waals surface area contributed by atoms with Gasteiger partial charge in [-0.05, 0) is 54.1 Å². The molecule has 2 amide bonds. The van der Waals surface area contributed by atoms with Crippen molar-refractivity contribution in [1.29, 1.82) is 0 Å². The molecule has 0 saturated heterocycles. The van der Waals surface area contributed by atoms with Crippen molar-refractivity contribution in [2.75, 3.05) is 30.9 Å². The third-order valence-corrected chi connectivity index (χ3v) is 5.36. The molecule has 0 spiro atoms. The number of rotatable bonds is 7. The van der Waals surface area contributed by atoms with Gasteiger partial charge in [0.25, 0.3) is 11.8 Å². The van der Waals surface area contributed by atoms with Gasteiger partial charge in [0.2, 0.25) is 0 Å². The Balaban J connectivity index is 1.62. The van der Waals surface area contributed by atoms with Gasteiger partial charge < -0.3 is 15.0 Å². The standard InChI is InChI=1S/C26H26N4O3/c1-4-17-33-21-15-11-19(12-16-21)25(31)28-30-24(18-9-13-20(14-10-18)29(2)3)27-23-8-6-5-7-22(23)26(30)32/h4-16,24,27H,1,17H2,2-3H3,(H,28,31)/t24-/m1/s1. The van der Waals surface area contributed by atoms with E-state index < -0.39 is 12.1 Å². The van der Waals surface area contributed by atoms with Crippen molar-refractivity contribution in [3.8, 4) is 5.75 Å². The van der Waals surface area contributed by atoms with Gasteiger partial charge in [-0.15, -0.1) is 0 Å². The van der Waals surface area contributed by atoms with E-state index in [0.717, 1.165) is 16.9 Å². The van der Waals surface area contributed by atoms with Gasteiger partial charge in [0, 0.05) is 31.0 Å². The second-order valence-electron chi connectivity index (χ2n) is 7.82. The molecular formula is C26H26N4O3. The van der Waals surface area contributed by atoms with Crippen LogP contribution in [0, 0.1) is 0 Å². The fraction of sp³-hybridized carbons (Fsp3) is 0.154. The highest BCUT2D eigenvalue weighted by atomic mass is 16.5. The van der Waals surface area contributed by atoms with Crippen molar-refractivity contribution < 1.29 is 14.3 Å². The van der Waals surface area contributed by atoms with Gasteiger partial charge in [-0.25, -0.2) is 5.01 Å². The van der Waals surface area contributed by atoms with E-state index in [1.54, 1.807) is 42.5 Å². The first-order valence-electron chi connectivity index (χ1n) is 10.6. The molecule has 0 fully saturated rings. The van der Waals surface area contributed by atoms with E-state index >= 15 is 0 Å². The molecule has 4 rings (SSSR count). The monoisotopic (exact) mass is 442 g/mol. The zero-order valence-corrected chi connectivity index (χ0v) is 18.6. The summed E-state index contributed by atoms with van der Waals surface area (Å²) in [7, 11) is 3.93. The third-order valence-electron chi connectivity index (χ3n) is 5.36. The first-order chi connectivity index (χ1) is 16.0. The van der Waals surface area contributed by atoms with Crippen LogP contribution in [-0.2, 0) is 0 Å². The molecule has 1 aliphatic rings. The molecule has 0 aliphatic carbocycles. The van der Waals surface area contributed by atoms with Gasteiger partial charge >= 0.3 is 0 Å². The van der Waals surface area contributed by atoms with Crippen molar-refractivity contribution in [1.82, 2.24) is 10.4 Å². The Hall–Kier alpha value is -4.26. The lowest BCUT2D eigenvalue weighted by Gasteiger charge is -2.37. The van der Waals surface area contributed by atoms with Crippen molar-refractivity contribution in [3.63, 3.8) is 0 Å². The predicted octanol–water partition coefficient (Wildman–Crippen LogP) is 4.23. The molecule has 3 aromatic carbocycles. The second-order valence-corrected chi connectivity index (χ2v) is 7.82. The average molecular weight is 443 g/mol. The number of ether oxygens (including phenoxy) is 1. The molecule has 0 radical (unpaired) electrons. The Labute approximate surface area is 193 Å². The van der Waals surface area contributed by atoms with E-state index in [4.69, 9.17) is 4.74 Å². The average Bonchev–Trinajstić information content (AvgIpc) is 2.84. The van der Waals surface area contributed by atoms with Gasteiger partial charge in [0.1, 0.15) is 18.5 Å². The summed E-state index contributed by atoms with van der Waals surface area (Å²) in [6.45, 7) is 4.00. The number of carbonyl (C=O) groups is 2. The van der Waals surface area contributed by atoms with Gasteiger partial charge in [0.05, 0.1) is 5.56 Å². The fourth-order valence-electron chi connectivity index (χ4n) is 3.59. The number of hydrogen-bond donors (Lipinski definition) is 2. The van der Waals surface area contributed by atoms with Crippen LogP contribution in [0.1, 0.15) is 32.4 Å². The summed E-state index contributed by atoms with van der Waals surface area (Å²) >= 11 is 0. The highest BCUT2D eigenvalue weighted by molar-refractivity contribution is 6.04. The smallest absolute Gasteiger partial charge is 0.276 e. The Kier molecular flexibility index (Phi) is 6.31. The molecule has 0 unspecified atom stereocenters. The minimum absolute atomic E-state index is 0.287. The Morgan fingerprint density at radius 3 is 2.45 bits per heavy atom. The molecule has 3 aromatic rings. The quantitative estimate of drug-likeness (QED) is 0.536. The summed E-state index contributed by atoms with van der Waals surface area (Å²) < 4.78 is 5.47. The predicted molar refractivity (Wildman–Crippen MR) is 129 cm³/mol. The van der Waals surface area contributed by atoms with Crippen LogP contribution in [0.4, 0.5) is 11.4 Å². The highest BCUT2D eigenvalue weighted by Crippen LogP contribution is 2.32. The maximum Gasteiger partial charge on any atom is 0.276 e. The van der Waals surface area contributed by atoms with Crippen LogP contribution in [0.3, 0.4) is 0 Å². The zero-order chi connectivity index (χ0) is 23.4. The zero-order valence-electron chi connectivity index (χ0n) is 18.6.